The van der Waals surface area contributed by atoms with Crippen molar-refractivity contribution in [1.29, 1.82) is 0 Å². The summed E-state index contributed by atoms with van der Waals surface area (Å²) < 4.78 is 6.63. The van der Waals surface area contributed by atoms with E-state index in [9.17, 15) is 9.59 Å². The molecule has 1 aliphatic heterocycles. The molecule has 1 saturated heterocycles. The van der Waals surface area contributed by atoms with Crippen LogP contribution >= 0.6 is 0 Å². The van der Waals surface area contributed by atoms with E-state index in [1.807, 2.05) is 17.0 Å². The van der Waals surface area contributed by atoms with Crippen molar-refractivity contribution >= 4 is 22.7 Å². The summed E-state index contributed by atoms with van der Waals surface area (Å²) in [7, 11) is 0. The SMILES string of the molecule is Cc1cccc(N2CCN(C(=O)Cn3c(=O)oc4ccccc43)C[C@H]2C)c1. The van der Waals surface area contributed by atoms with Gasteiger partial charge in [0.15, 0.2) is 5.58 Å². The molecule has 140 valence electrons. The van der Waals surface area contributed by atoms with Gasteiger partial charge >= 0.3 is 5.76 Å². The number of anilines is 1. The van der Waals surface area contributed by atoms with Crippen molar-refractivity contribution in [2.24, 2.45) is 0 Å². The van der Waals surface area contributed by atoms with Crippen LogP contribution in [0.2, 0.25) is 0 Å². The summed E-state index contributed by atoms with van der Waals surface area (Å²) in [6.07, 6.45) is 0. The third-order valence-electron chi connectivity index (χ3n) is 5.18. The lowest BCUT2D eigenvalue weighted by Gasteiger charge is -2.41. The van der Waals surface area contributed by atoms with E-state index in [0.717, 1.165) is 6.54 Å². The zero-order valence-electron chi connectivity index (χ0n) is 15.6. The maximum atomic E-state index is 12.8. The van der Waals surface area contributed by atoms with Gasteiger partial charge in [0.2, 0.25) is 5.91 Å². The monoisotopic (exact) mass is 365 g/mol. The number of hydrogen-bond acceptors (Lipinski definition) is 4. The number of carbonyl (C=O) groups is 1. The molecule has 1 aliphatic rings. The van der Waals surface area contributed by atoms with Gasteiger partial charge in [0, 0.05) is 31.4 Å². The summed E-state index contributed by atoms with van der Waals surface area (Å²) in [5, 5.41) is 0. The van der Waals surface area contributed by atoms with Crippen LogP contribution in [-0.2, 0) is 11.3 Å². The number of aryl methyl sites for hydroxylation is 1. The van der Waals surface area contributed by atoms with Crippen molar-refractivity contribution in [3.05, 3.63) is 64.6 Å². The number of para-hydroxylation sites is 2. The summed E-state index contributed by atoms with van der Waals surface area (Å²) >= 11 is 0. The van der Waals surface area contributed by atoms with Gasteiger partial charge in [-0.05, 0) is 43.7 Å². The minimum absolute atomic E-state index is 0.00696. The minimum Gasteiger partial charge on any atom is -0.408 e. The fraction of sp³-hybridized carbons (Fsp3) is 0.333. The number of rotatable bonds is 3. The smallest absolute Gasteiger partial charge is 0.408 e. The third kappa shape index (κ3) is 3.35. The standard InChI is InChI=1S/C21H23N3O3/c1-15-6-5-7-17(12-15)23-11-10-22(13-16(23)2)20(25)14-24-18-8-3-4-9-19(18)27-21(24)26/h3-9,12,16H,10-11,13-14H2,1-2H3/t16-/m1/s1. The summed E-state index contributed by atoms with van der Waals surface area (Å²) in [5.41, 5.74) is 3.58. The highest BCUT2D eigenvalue weighted by atomic mass is 16.4. The zero-order chi connectivity index (χ0) is 19.0. The van der Waals surface area contributed by atoms with Crippen LogP contribution in [0.3, 0.4) is 0 Å². The first-order chi connectivity index (χ1) is 13.0. The zero-order valence-corrected chi connectivity index (χ0v) is 15.6. The van der Waals surface area contributed by atoms with Gasteiger partial charge in [0.25, 0.3) is 0 Å². The lowest BCUT2D eigenvalue weighted by atomic mass is 10.1. The second-order valence-electron chi connectivity index (χ2n) is 7.14. The van der Waals surface area contributed by atoms with Crippen LogP contribution in [0, 0.1) is 6.92 Å². The number of carbonyl (C=O) groups excluding carboxylic acids is 1. The number of nitrogens with zero attached hydrogens (tertiary/aromatic N) is 3. The molecule has 0 bridgehead atoms. The molecule has 0 aliphatic carbocycles. The quantitative estimate of drug-likeness (QED) is 0.716. The van der Waals surface area contributed by atoms with Crippen LogP contribution in [0.1, 0.15) is 12.5 Å². The first-order valence-electron chi connectivity index (χ1n) is 9.22. The van der Waals surface area contributed by atoms with E-state index < -0.39 is 5.76 Å². The van der Waals surface area contributed by atoms with Gasteiger partial charge in [-0.25, -0.2) is 4.79 Å². The normalized spacial score (nSPS) is 17.5. The average Bonchev–Trinajstić information content (AvgIpc) is 2.97. The van der Waals surface area contributed by atoms with Crippen LogP contribution < -0.4 is 10.7 Å². The Morgan fingerprint density at radius 1 is 1.15 bits per heavy atom. The van der Waals surface area contributed by atoms with Crippen molar-refractivity contribution in [1.82, 2.24) is 9.47 Å². The summed E-state index contributed by atoms with van der Waals surface area (Å²) in [6, 6.07) is 15.8. The maximum Gasteiger partial charge on any atom is 0.420 e. The van der Waals surface area contributed by atoms with Gasteiger partial charge in [0.05, 0.1) is 5.52 Å². The lowest BCUT2D eigenvalue weighted by Crippen LogP contribution is -2.54. The molecule has 1 fully saturated rings. The number of amides is 1. The van der Waals surface area contributed by atoms with Gasteiger partial charge in [0.1, 0.15) is 6.54 Å². The molecular weight excluding hydrogens is 342 g/mol. The predicted octanol–water partition coefficient (Wildman–Crippen LogP) is 2.64. The molecule has 0 unspecified atom stereocenters. The van der Waals surface area contributed by atoms with Crippen molar-refractivity contribution < 1.29 is 9.21 Å². The maximum absolute atomic E-state index is 12.8. The Hall–Kier alpha value is -3.02. The molecule has 1 amide bonds. The fourth-order valence-corrected chi connectivity index (χ4v) is 3.77. The lowest BCUT2D eigenvalue weighted by molar-refractivity contribution is -0.132. The van der Waals surface area contributed by atoms with Crippen LogP contribution in [-0.4, -0.2) is 41.1 Å². The number of aromatic nitrogens is 1. The number of fused-ring (bicyclic) bond motifs is 1. The van der Waals surface area contributed by atoms with Crippen LogP contribution in [0.25, 0.3) is 11.1 Å². The highest BCUT2D eigenvalue weighted by Crippen LogP contribution is 2.22. The Morgan fingerprint density at radius 2 is 1.96 bits per heavy atom. The molecule has 2 heterocycles. The highest BCUT2D eigenvalue weighted by molar-refractivity contribution is 5.80. The van der Waals surface area contributed by atoms with E-state index in [0.29, 0.717) is 24.2 Å². The van der Waals surface area contributed by atoms with Gasteiger partial charge in [-0.15, -0.1) is 0 Å². The van der Waals surface area contributed by atoms with Crippen molar-refractivity contribution in [3.8, 4) is 0 Å². The number of oxazole rings is 1. The molecule has 1 atom stereocenters. The molecule has 4 rings (SSSR count). The Balaban J connectivity index is 1.48. The van der Waals surface area contributed by atoms with Crippen molar-refractivity contribution in [3.63, 3.8) is 0 Å². The van der Waals surface area contributed by atoms with Gasteiger partial charge in [-0.1, -0.05) is 24.3 Å². The van der Waals surface area contributed by atoms with E-state index in [4.69, 9.17) is 4.42 Å². The average molecular weight is 365 g/mol. The summed E-state index contributed by atoms with van der Waals surface area (Å²) in [6.45, 7) is 6.27. The molecule has 1 aromatic heterocycles. The largest absolute Gasteiger partial charge is 0.420 e. The van der Waals surface area contributed by atoms with Gasteiger partial charge in [-0.2, -0.15) is 0 Å². The highest BCUT2D eigenvalue weighted by Gasteiger charge is 2.27. The molecule has 0 radical (unpaired) electrons. The molecule has 27 heavy (non-hydrogen) atoms. The Labute approximate surface area is 157 Å². The second-order valence-corrected chi connectivity index (χ2v) is 7.14. The van der Waals surface area contributed by atoms with E-state index in [1.165, 1.54) is 15.8 Å². The Bertz CT molecular complexity index is 1040. The van der Waals surface area contributed by atoms with Crippen molar-refractivity contribution in [2.45, 2.75) is 26.4 Å². The predicted molar refractivity (Wildman–Crippen MR) is 105 cm³/mol. The van der Waals surface area contributed by atoms with E-state index >= 15 is 0 Å². The first kappa shape index (κ1) is 17.4. The van der Waals surface area contributed by atoms with Crippen LogP contribution in [0.15, 0.2) is 57.7 Å². The minimum atomic E-state index is -0.490. The van der Waals surface area contributed by atoms with Crippen molar-refractivity contribution in [2.75, 3.05) is 24.5 Å². The molecule has 3 aromatic rings. The summed E-state index contributed by atoms with van der Waals surface area (Å²) in [5.74, 6) is -0.546. The molecule has 6 nitrogen and oxygen atoms in total. The van der Waals surface area contributed by atoms with E-state index in [2.05, 4.69) is 43.0 Å². The topological polar surface area (TPSA) is 58.7 Å². The number of benzene rings is 2. The molecule has 0 N–H and O–H groups in total. The molecular formula is C21H23N3O3. The number of piperazine rings is 1. The molecule has 2 aromatic carbocycles. The molecule has 6 heteroatoms. The first-order valence-corrected chi connectivity index (χ1v) is 9.22. The summed E-state index contributed by atoms with van der Waals surface area (Å²) in [4.78, 5) is 29.1. The van der Waals surface area contributed by atoms with E-state index in [1.54, 1.807) is 12.1 Å². The van der Waals surface area contributed by atoms with Gasteiger partial charge < -0.3 is 14.2 Å². The molecule has 0 saturated carbocycles. The Morgan fingerprint density at radius 3 is 2.74 bits per heavy atom. The Kier molecular flexibility index (Phi) is 4.48. The van der Waals surface area contributed by atoms with E-state index in [-0.39, 0.29) is 18.5 Å². The fourth-order valence-electron chi connectivity index (χ4n) is 3.77. The number of hydrogen-bond donors (Lipinski definition) is 0. The van der Waals surface area contributed by atoms with Gasteiger partial charge in [-0.3, -0.25) is 9.36 Å². The third-order valence-corrected chi connectivity index (χ3v) is 5.18. The van der Waals surface area contributed by atoms with Crippen LogP contribution in [0.5, 0.6) is 0 Å². The van der Waals surface area contributed by atoms with Crippen LogP contribution in [0.4, 0.5) is 5.69 Å². The molecule has 0 spiro atoms. The second kappa shape index (κ2) is 6.95.